The van der Waals surface area contributed by atoms with Crippen LogP contribution in [0.2, 0.25) is 0 Å². The summed E-state index contributed by atoms with van der Waals surface area (Å²) in [7, 11) is 2.22. The summed E-state index contributed by atoms with van der Waals surface area (Å²) in [5.74, 6) is 0.883. The zero-order valence-corrected chi connectivity index (χ0v) is 25.1. The molecule has 1 amide bonds. The SMILES string of the molecule is CN1CCN(C2CCC(c3nn(-c4ccc(NC(=O)C(C)(C)Cc5ccccc5)cc4)c4c(N)nccc34)CC2)CC1. The highest BCUT2D eigenvalue weighted by Gasteiger charge is 2.31. The Morgan fingerprint density at radius 2 is 1.64 bits per heavy atom. The molecule has 2 aromatic heterocycles. The Kier molecular flexibility index (Phi) is 8.01. The number of rotatable bonds is 7. The molecular weight excluding hydrogens is 522 g/mol. The van der Waals surface area contributed by atoms with Crippen LogP contribution in [0.1, 0.15) is 56.7 Å². The number of hydrogen-bond acceptors (Lipinski definition) is 6. The highest BCUT2D eigenvalue weighted by molar-refractivity contribution is 5.95. The van der Waals surface area contributed by atoms with Crippen LogP contribution in [0, 0.1) is 5.41 Å². The molecule has 220 valence electrons. The predicted octanol–water partition coefficient (Wildman–Crippen LogP) is 5.48. The van der Waals surface area contributed by atoms with Crippen LogP contribution in [0.4, 0.5) is 11.5 Å². The summed E-state index contributed by atoms with van der Waals surface area (Å²) >= 11 is 0. The van der Waals surface area contributed by atoms with Crippen molar-refractivity contribution in [2.24, 2.45) is 5.41 Å². The number of pyridine rings is 1. The minimum atomic E-state index is -0.545. The number of anilines is 2. The summed E-state index contributed by atoms with van der Waals surface area (Å²) in [5, 5.41) is 9.35. The third-order valence-electron chi connectivity index (χ3n) is 9.26. The summed E-state index contributed by atoms with van der Waals surface area (Å²) < 4.78 is 1.94. The summed E-state index contributed by atoms with van der Waals surface area (Å²) in [6, 6.07) is 20.7. The lowest BCUT2D eigenvalue weighted by Gasteiger charge is -2.41. The fourth-order valence-electron chi connectivity index (χ4n) is 6.67. The van der Waals surface area contributed by atoms with E-state index in [0.717, 1.165) is 59.5 Å². The van der Waals surface area contributed by atoms with E-state index in [2.05, 4.69) is 45.3 Å². The van der Waals surface area contributed by atoms with E-state index < -0.39 is 5.41 Å². The number of amides is 1. The maximum Gasteiger partial charge on any atom is 0.230 e. The lowest BCUT2D eigenvalue weighted by molar-refractivity contribution is -0.123. The molecule has 0 bridgehead atoms. The predicted molar refractivity (Wildman–Crippen MR) is 170 cm³/mol. The molecule has 3 N–H and O–H groups in total. The van der Waals surface area contributed by atoms with Gasteiger partial charge in [-0.25, -0.2) is 9.67 Å². The molecule has 0 radical (unpaired) electrons. The van der Waals surface area contributed by atoms with Gasteiger partial charge in [-0.15, -0.1) is 0 Å². The van der Waals surface area contributed by atoms with Gasteiger partial charge in [0.05, 0.1) is 11.4 Å². The molecule has 2 aliphatic rings. The van der Waals surface area contributed by atoms with E-state index in [9.17, 15) is 4.79 Å². The number of likely N-dealkylation sites (N-methyl/N-ethyl adjacent to an activating group) is 1. The fourth-order valence-corrected chi connectivity index (χ4v) is 6.67. The van der Waals surface area contributed by atoms with Gasteiger partial charge in [0.15, 0.2) is 0 Å². The molecular formula is C34H43N7O. The van der Waals surface area contributed by atoms with Crippen molar-refractivity contribution >= 4 is 28.3 Å². The summed E-state index contributed by atoms with van der Waals surface area (Å²) in [6.07, 6.45) is 7.14. The molecule has 1 saturated carbocycles. The largest absolute Gasteiger partial charge is 0.382 e. The minimum absolute atomic E-state index is 0.00782. The second-order valence-corrected chi connectivity index (χ2v) is 12.8. The van der Waals surface area contributed by atoms with Gasteiger partial charge < -0.3 is 16.0 Å². The maximum atomic E-state index is 13.2. The summed E-state index contributed by atoms with van der Waals surface area (Å²) in [4.78, 5) is 22.7. The molecule has 2 aromatic carbocycles. The molecule has 1 aliphatic carbocycles. The van der Waals surface area contributed by atoms with Crippen LogP contribution in [-0.2, 0) is 11.2 Å². The number of fused-ring (bicyclic) bond motifs is 1. The molecule has 3 heterocycles. The van der Waals surface area contributed by atoms with Crippen LogP contribution in [0.15, 0.2) is 66.9 Å². The second-order valence-electron chi connectivity index (χ2n) is 12.8. The van der Waals surface area contributed by atoms with Crippen LogP contribution in [0.5, 0.6) is 0 Å². The third kappa shape index (κ3) is 5.92. The van der Waals surface area contributed by atoms with Crippen LogP contribution in [-0.4, -0.2) is 69.7 Å². The molecule has 1 saturated heterocycles. The van der Waals surface area contributed by atoms with Crippen molar-refractivity contribution in [3.05, 3.63) is 78.1 Å². The smallest absolute Gasteiger partial charge is 0.230 e. The lowest BCUT2D eigenvalue weighted by Crippen LogP contribution is -2.49. The number of piperazine rings is 1. The first kappa shape index (κ1) is 28.4. The van der Waals surface area contributed by atoms with E-state index in [-0.39, 0.29) is 5.91 Å². The van der Waals surface area contributed by atoms with Crippen LogP contribution in [0.25, 0.3) is 16.6 Å². The number of nitrogens with zero attached hydrogens (tertiary/aromatic N) is 5. The number of carbonyl (C=O) groups excluding carboxylic acids is 1. The zero-order chi connectivity index (χ0) is 29.3. The van der Waals surface area contributed by atoms with Gasteiger partial charge in [-0.3, -0.25) is 9.69 Å². The number of benzene rings is 2. The first-order chi connectivity index (χ1) is 20.3. The quantitative estimate of drug-likeness (QED) is 0.308. The average molecular weight is 566 g/mol. The lowest BCUT2D eigenvalue weighted by atomic mass is 9.82. The van der Waals surface area contributed by atoms with Gasteiger partial charge in [-0.1, -0.05) is 44.2 Å². The van der Waals surface area contributed by atoms with E-state index in [4.69, 9.17) is 10.8 Å². The van der Waals surface area contributed by atoms with Crippen molar-refractivity contribution in [3.8, 4) is 5.69 Å². The first-order valence-electron chi connectivity index (χ1n) is 15.3. The number of nitrogens with two attached hydrogens (primary N) is 1. The van der Waals surface area contributed by atoms with Gasteiger partial charge in [0.1, 0.15) is 11.3 Å². The Balaban J connectivity index is 1.18. The number of carbonyl (C=O) groups is 1. The van der Waals surface area contributed by atoms with Gasteiger partial charge in [-0.05, 0) is 75.0 Å². The van der Waals surface area contributed by atoms with Gasteiger partial charge in [-0.2, -0.15) is 5.10 Å². The normalized spacial score (nSPS) is 20.5. The van der Waals surface area contributed by atoms with Crippen molar-refractivity contribution < 1.29 is 4.79 Å². The number of nitrogen functional groups attached to an aromatic ring is 1. The monoisotopic (exact) mass is 565 g/mol. The van der Waals surface area contributed by atoms with Gasteiger partial charge in [0, 0.05) is 60.8 Å². The molecule has 8 heteroatoms. The molecule has 0 unspecified atom stereocenters. The second kappa shape index (κ2) is 11.9. The van der Waals surface area contributed by atoms with E-state index in [0.29, 0.717) is 24.2 Å². The van der Waals surface area contributed by atoms with Crippen molar-refractivity contribution in [1.29, 1.82) is 0 Å². The van der Waals surface area contributed by atoms with E-state index >= 15 is 0 Å². The van der Waals surface area contributed by atoms with Crippen LogP contribution >= 0.6 is 0 Å². The van der Waals surface area contributed by atoms with Crippen LogP contribution in [0.3, 0.4) is 0 Å². The number of nitrogens with one attached hydrogen (secondary N) is 1. The van der Waals surface area contributed by atoms with Gasteiger partial charge in [0.2, 0.25) is 5.91 Å². The molecule has 0 spiro atoms. The van der Waals surface area contributed by atoms with E-state index in [1.165, 1.54) is 25.9 Å². The number of hydrogen-bond donors (Lipinski definition) is 2. The maximum absolute atomic E-state index is 13.2. The minimum Gasteiger partial charge on any atom is -0.382 e. The topological polar surface area (TPSA) is 92.3 Å². The summed E-state index contributed by atoms with van der Waals surface area (Å²) in [6.45, 7) is 8.63. The highest BCUT2D eigenvalue weighted by Crippen LogP contribution is 2.39. The Morgan fingerprint density at radius 3 is 2.33 bits per heavy atom. The number of aromatic nitrogens is 3. The Bertz CT molecular complexity index is 1510. The van der Waals surface area contributed by atoms with Gasteiger partial charge >= 0.3 is 0 Å². The Hall–Kier alpha value is -3.75. The summed E-state index contributed by atoms with van der Waals surface area (Å²) in [5.41, 5.74) is 10.7. The third-order valence-corrected chi connectivity index (χ3v) is 9.26. The average Bonchev–Trinajstić information content (AvgIpc) is 3.39. The molecule has 6 rings (SSSR count). The molecule has 4 aromatic rings. The van der Waals surface area contributed by atoms with E-state index in [1.54, 1.807) is 6.20 Å². The molecule has 2 fully saturated rings. The van der Waals surface area contributed by atoms with E-state index in [1.807, 2.05) is 61.0 Å². The standard InChI is InChI=1S/C34H43N7O/c1-34(2,23-24-7-5-4-6-8-24)33(42)37-26-11-15-28(16-12-26)41-31-29(17-18-36-32(31)35)30(38-41)25-9-13-27(14-10-25)40-21-19-39(3)20-22-40/h4-8,11-12,15-18,25,27H,9-10,13-14,19-23H2,1-3H3,(H2,35,36)(H,37,42). The Labute approximate surface area is 248 Å². The zero-order valence-electron chi connectivity index (χ0n) is 25.1. The highest BCUT2D eigenvalue weighted by atomic mass is 16.2. The molecule has 8 nitrogen and oxygen atoms in total. The van der Waals surface area contributed by atoms with Gasteiger partial charge in [0.25, 0.3) is 0 Å². The van der Waals surface area contributed by atoms with Crippen molar-refractivity contribution in [2.75, 3.05) is 44.3 Å². The molecule has 42 heavy (non-hydrogen) atoms. The van der Waals surface area contributed by atoms with Crippen LogP contribution < -0.4 is 11.1 Å². The fraction of sp³-hybridized carbons (Fsp3) is 0.441. The Morgan fingerprint density at radius 1 is 0.952 bits per heavy atom. The molecule has 1 aliphatic heterocycles. The molecule has 0 atom stereocenters. The van der Waals surface area contributed by atoms with Crippen molar-refractivity contribution in [1.82, 2.24) is 24.6 Å². The first-order valence-corrected chi connectivity index (χ1v) is 15.3. The van der Waals surface area contributed by atoms with Crippen molar-refractivity contribution in [3.63, 3.8) is 0 Å². The van der Waals surface area contributed by atoms with Crippen molar-refractivity contribution in [2.45, 2.75) is 57.9 Å².